The predicted octanol–water partition coefficient (Wildman–Crippen LogP) is 2.20. The number of hydrogen-bond acceptors (Lipinski definition) is 1. The first-order valence-corrected chi connectivity index (χ1v) is 3.51. The zero-order chi connectivity index (χ0) is 6.53. The van der Waals surface area contributed by atoms with E-state index in [1.165, 1.54) is 13.0 Å². The minimum atomic E-state index is 0. The Labute approximate surface area is 68.8 Å². The van der Waals surface area contributed by atoms with Gasteiger partial charge in [-0.3, -0.25) is 0 Å². The van der Waals surface area contributed by atoms with Crippen molar-refractivity contribution in [1.29, 1.82) is 0 Å². The maximum absolute atomic E-state index is 2.31. The van der Waals surface area contributed by atoms with Crippen molar-refractivity contribution in [2.24, 2.45) is 0 Å². The summed E-state index contributed by atoms with van der Waals surface area (Å²) in [6.07, 6.45) is 9.72. The van der Waals surface area contributed by atoms with Crippen LogP contribution in [0.15, 0.2) is 24.4 Å². The lowest BCUT2D eigenvalue weighted by atomic mass is 10.3. The van der Waals surface area contributed by atoms with Crippen molar-refractivity contribution >= 4 is 12.4 Å². The van der Waals surface area contributed by atoms with Gasteiger partial charge in [0.1, 0.15) is 0 Å². The summed E-state index contributed by atoms with van der Waals surface area (Å²) in [5.74, 6) is 0. The zero-order valence-corrected chi connectivity index (χ0v) is 7.10. The molecular weight excluding hydrogens is 146 g/mol. The van der Waals surface area contributed by atoms with Gasteiger partial charge in [0.05, 0.1) is 0 Å². The van der Waals surface area contributed by atoms with Crippen LogP contribution in [0, 0.1) is 0 Å². The summed E-state index contributed by atoms with van der Waals surface area (Å²) >= 11 is 0. The molecule has 0 aromatic rings. The van der Waals surface area contributed by atoms with Gasteiger partial charge >= 0.3 is 0 Å². The van der Waals surface area contributed by atoms with Gasteiger partial charge in [-0.1, -0.05) is 19.1 Å². The Morgan fingerprint density at radius 1 is 1.40 bits per heavy atom. The number of allylic oxidation sites excluding steroid dienone is 2. The van der Waals surface area contributed by atoms with Crippen molar-refractivity contribution in [1.82, 2.24) is 4.90 Å². The molecule has 1 aliphatic rings. The van der Waals surface area contributed by atoms with E-state index in [2.05, 4.69) is 36.3 Å². The highest BCUT2D eigenvalue weighted by Crippen LogP contribution is 1.98. The normalized spacial score (nSPS) is 15.1. The molecule has 0 amide bonds. The molecule has 0 saturated carbocycles. The Morgan fingerprint density at radius 2 is 2.20 bits per heavy atom. The van der Waals surface area contributed by atoms with E-state index in [-0.39, 0.29) is 12.4 Å². The third-order valence-electron chi connectivity index (χ3n) is 1.39. The second-order valence-corrected chi connectivity index (χ2v) is 2.26. The van der Waals surface area contributed by atoms with Gasteiger partial charge in [-0.15, -0.1) is 12.4 Å². The lowest BCUT2D eigenvalue weighted by molar-refractivity contribution is 0.411. The van der Waals surface area contributed by atoms with E-state index < -0.39 is 0 Å². The second kappa shape index (κ2) is 5.36. The van der Waals surface area contributed by atoms with Gasteiger partial charge in [0.2, 0.25) is 0 Å². The van der Waals surface area contributed by atoms with Crippen LogP contribution in [-0.4, -0.2) is 18.0 Å². The summed E-state index contributed by atoms with van der Waals surface area (Å²) < 4.78 is 0. The highest BCUT2D eigenvalue weighted by atomic mass is 35.5. The molecular formula is C8H14ClN. The zero-order valence-electron chi connectivity index (χ0n) is 6.29. The van der Waals surface area contributed by atoms with E-state index in [0.29, 0.717) is 0 Å². The SMILES string of the molecule is CCCN1C=CC=CC1.Cl. The standard InChI is InChI=1S/C8H13N.ClH/c1-2-6-9-7-4-3-5-8-9;/h3-5,7H,2,6,8H2,1H3;1H. The van der Waals surface area contributed by atoms with E-state index in [9.17, 15) is 0 Å². The van der Waals surface area contributed by atoms with E-state index >= 15 is 0 Å². The smallest absolute Gasteiger partial charge is 0.0357 e. The molecule has 1 rings (SSSR count). The van der Waals surface area contributed by atoms with Crippen LogP contribution in [0.1, 0.15) is 13.3 Å². The lowest BCUT2D eigenvalue weighted by Crippen LogP contribution is -2.19. The minimum Gasteiger partial charge on any atom is -0.374 e. The third kappa shape index (κ3) is 2.92. The van der Waals surface area contributed by atoms with E-state index in [1.807, 2.05) is 0 Å². The van der Waals surface area contributed by atoms with E-state index in [0.717, 1.165) is 6.54 Å². The summed E-state index contributed by atoms with van der Waals surface area (Å²) in [4.78, 5) is 2.31. The Bertz CT molecular complexity index is 129. The van der Waals surface area contributed by atoms with E-state index in [1.54, 1.807) is 0 Å². The van der Waals surface area contributed by atoms with Gasteiger partial charge in [0.15, 0.2) is 0 Å². The number of nitrogens with zero attached hydrogens (tertiary/aromatic N) is 1. The molecule has 0 aromatic heterocycles. The monoisotopic (exact) mass is 159 g/mol. The average molecular weight is 160 g/mol. The molecule has 0 bridgehead atoms. The molecule has 0 fully saturated rings. The predicted molar refractivity (Wildman–Crippen MR) is 47.4 cm³/mol. The van der Waals surface area contributed by atoms with Crippen LogP contribution < -0.4 is 0 Å². The van der Waals surface area contributed by atoms with Crippen LogP contribution in [0.3, 0.4) is 0 Å². The van der Waals surface area contributed by atoms with Gasteiger partial charge < -0.3 is 4.90 Å². The Hall–Kier alpha value is -0.430. The van der Waals surface area contributed by atoms with Crippen molar-refractivity contribution < 1.29 is 0 Å². The van der Waals surface area contributed by atoms with Crippen molar-refractivity contribution in [2.45, 2.75) is 13.3 Å². The summed E-state index contributed by atoms with van der Waals surface area (Å²) in [6.45, 7) is 4.47. The molecule has 1 heterocycles. The van der Waals surface area contributed by atoms with Gasteiger partial charge in [-0.2, -0.15) is 0 Å². The summed E-state index contributed by atoms with van der Waals surface area (Å²) in [5, 5.41) is 0. The highest BCUT2D eigenvalue weighted by Gasteiger charge is 1.94. The molecule has 1 aliphatic heterocycles. The van der Waals surface area contributed by atoms with Crippen LogP contribution in [0.25, 0.3) is 0 Å². The van der Waals surface area contributed by atoms with Gasteiger partial charge in [-0.05, 0) is 18.7 Å². The van der Waals surface area contributed by atoms with Crippen LogP contribution >= 0.6 is 12.4 Å². The molecule has 0 saturated heterocycles. The number of halogens is 1. The van der Waals surface area contributed by atoms with Crippen LogP contribution in [0.2, 0.25) is 0 Å². The molecule has 0 atom stereocenters. The maximum atomic E-state index is 2.31. The molecule has 2 heteroatoms. The first-order chi connectivity index (χ1) is 4.43. The highest BCUT2D eigenvalue weighted by molar-refractivity contribution is 5.85. The van der Waals surface area contributed by atoms with Crippen molar-refractivity contribution in [3.8, 4) is 0 Å². The largest absolute Gasteiger partial charge is 0.374 e. The Morgan fingerprint density at radius 3 is 2.70 bits per heavy atom. The number of hydrogen-bond donors (Lipinski definition) is 0. The molecule has 0 aromatic carbocycles. The average Bonchev–Trinajstić information content (AvgIpc) is 1.91. The fourth-order valence-electron chi connectivity index (χ4n) is 0.960. The first-order valence-electron chi connectivity index (χ1n) is 3.51. The topological polar surface area (TPSA) is 3.24 Å². The molecule has 0 radical (unpaired) electrons. The van der Waals surface area contributed by atoms with Crippen molar-refractivity contribution in [3.63, 3.8) is 0 Å². The van der Waals surface area contributed by atoms with Gasteiger partial charge in [0, 0.05) is 13.1 Å². The summed E-state index contributed by atoms with van der Waals surface area (Å²) in [7, 11) is 0. The maximum Gasteiger partial charge on any atom is 0.0357 e. The summed E-state index contributed by atoms with van der Waals surface area (Å²) in [6, 6.07) is 0. The van der Waals surface area contributed by atoms with Crippen molar-refractivity contribution in [3.05, 3.63) is 24.4 Å². The molecule has 58 valence electrons. The minimum absolute atomic E-state index is 0. The fraction of sp³-hybridized carbons (Fsp3) is 0.500. The quantitative estimate of drug-likeness (QED) is 0.597. The second-order valence-electron chi connectivity index (χ2n) is 2.26. The Kier molecular flexibility index (Phi) is 5.13. The van der Waals surface area contributed by atoms with Crippen LogP contribution in [0.4, 0.5) is 0 Å². The molecule has 0 spiro atoms. The van der Waals surface area contributed by atoms with Crippen molar-refractivity contribution in [2.75, 3.05) is 13.1 Å². The molecule has 0 unspecified atom stereocenters. The third-order valence-corrected chi connectivity index (χ3v) is 1.39. The van der Waals surface area contributed by atoms with Crippen LogP contribution in [-0.2, 0) is 0 Å². The number of rotatable bonds is 2. The fourth-order valence-corrected chi connectivity index (χ4v) is 0.960. The van der Waals surface area contributed by atoms with E-state index in [4.69, 9.17) is 0 Å². The summed E-state index contributed by atoms with van der Waals surface area (Å²) in [5.41, 5.74) is 0. The molecule has 10 heavy (non-hydrogen) atoms. The van der Waals surface area contributed by atoms with Gasteiger partial charge in [0.25, 0.3) is 0 Å². The van der Waals surface area contributed by atoms with Gasteiger partial charge in [-0.25, -0.2) is 0 Å². The lowest BCUT2D eigenvalue weighted by Gasteiger charge is -2.18. The first kappa shape index (κ1) is 9.57. The molecule has 0 aliphatic carbocycles. The molecule has 1 nitrogen and oxygen atoms in total. The molecule has 0 N–H and O–H groups in total. The Balaban J connectivity index is 0.000000810. The van der Waals surface area contributed by atoms with Crippen LogP contribution in [0.5, 0.6) is 0 Å².